The summed E-state index contributed by atoms with van der Waals surface area (Å²) in [5.41, 5.74) is 1.10. The predicted molar refractivity (Wildman–Crippen MR) is 61.9 cm³/mol. The smallest absolute Gasteiger partial charge is 0.0296 e. The minimum atomic E-state index is 0.0254. The molecule has 1 rings (SSSR count). The molecule has 0 saturated carbocycles. The van der Waals surface area contributed by atoms with Gasteiger partial charge in [0.2, 0.25) is 0 Å². The topological polar surface area (TPSA) is 0 Å². The Kier molecular flexibility index (Phi) is 3.54. The molecular weight excluding hydrogens is 168 g/mol. The van der Waals surface area contributed by atoms with Crippen molar-refractivity contribution in [2.45, 2.75) is 20.3 Å². The second-order valence-electron chi connectivity index (χ2n) is 3.99. The van der Waals surface area contributed by atoms with E-state index in [0.717, 1.165) is 12.0 Å². The first-order chi connectivity index (χ1) is 6.64. The summed E-state index contributed by atoms with van der Waals surface area (Å²) in [6.45, 7) is 7.99. The summed E-state index contributed by atoms with van der Waals surface area (Å²) in [4.78, 5) is 0. The van der Waals surface area contributed by atoms with E-state index in [1.165, 1.54) is 0 Å². The first-order valence-electron chi connectivity index (χ1n) is 4.83. The predicted octanol–water partition coefficient (Wildman–Crippen LogP) is 3.64. The Morgan fingerprint density at radius 2 is 1.93 bits per heavy atom. The van der Waals surface area contributed by atoms with Crippen molar-refractivity contribution in [3.05, 3.63) is 48.6 Å². The lowest BCUT2D eigenvalue weighted by Gasteiger charge is -2.13. The quantitative estimate of drug-likeness (QED) is 0.486. The second-order valence-corrected chi connectivity index (χ2v) is 3.99. The van der Waals surface area contributed by atoms with Crippen LogP contribution < -0.4 is 0 Å². The maximum Gasteiger partial charge on any atom is 0.0296 e. The first-order valence-corrected chi connectivity index (χ1v) is 4.83. The van der Waals surface area contributed by atoms with E-state index in [4.69, 9.17) is 0 Å². The van der Waals surface area contributed by atoms with Crippen LogP contribution in [0.4, 0.5) is 0 Å². The van der Waals surface area contributed by atoms with Crippen LogP contribution in [0.25, 0.3) is 0 Å². The standard InChI is InChI=1S/C14H16/c1-4-11-14(2,3)12-10-13-8-6-5-7-9-13/h4-9H,1,11H2,2-3H3. The van der Waals surface area contributed by atoms with E-state index in [9.17, 15) is 0 Å². The molecule has 0 aromatic heterocycles. The molecule has 1 aromatic carbocycles. The maximum absolute atomic E-state index is 3.73. The summed E-state index contributed by atoms with van der Waals surface area (Å²) >= 11 is 0. The minimum absolute atomic E-state index is 0.0254. The largest absolute Gasteiger partial charge is 0.103 e. The molecule has 0 heteroatoms. The molecular formula is C14H16. The molecule has 0 aliphatic rings. The van der Waals surface area contributed by atoms with Crippen LogP contribution in [0, 0.1) is 17.3 Å². The summed E-state index contributed by atoms with van der Waals surface area (Å²) in [5, 5.41) is 0. The van der Waals surface area contributed by atoms with Crippen LogP contribution in [0.5, 0.6) is 0 Å². The van der Waals surface area contributed by atoms with Crippen LogP contribution in [-0.2, 0) is 0 Å². The lowest BCUT2D eigenvalue weighted by atomic mass is 9.90. The van der Waals surface area contributed by atoms with Gasteiger partial charge in [-0.05, 0) is 32.4 Å². The summed E-state index contributed by atoms with van der Waals surface area (Å²) in [6.07, 6.45) is 2.84. The van der Waals surface area contributed by atoms with E-state index in [2.05, 4.69) is 32.3 Å². The number of hydrogen-bond acceptors (Lipinski definition) is 0. The average Bonchev–Trinajstić information content (AvgIpc) is 2.17. The van der Waals surface area contributed by atoms with Crippen molar-refractivity contribution >= 4 is 0 Å². The zero-order valence-electron chi connectivity index (χ0n) is 8.88. The molecule has 0 fully saturated rings. The minimum Gasteiger partial charge on any atom is -0.103 e. The number of benzene rings is 1. The summed E-state index contributed by atoms with van der Waals surface area (Å²) in [7, 11) is 0. The zero-order valence-corrected chi connectivity index (χ0v) is 8.88. The van der Waals surface area contributed by atoms with Crippen LogP contribution >= 0.6 is 0 Å². The molecule has 0 bridgehead atoms. The van der Waals surface area contributed by atoms with Gasteiger partial charge in [-0.25, -0.2) is 0 Å². The van der Waals surface area contributed by atoms with Gasteiger partial charge in [-0.1, -0.05) is 36.1 Å². The summed E-state index contributed by atoms with van der Waals surface area (Å²) < 4.78 is 0. The summed E-state index contributed by atoms with van der Waals surface area (Å²) in [5.74, 6) is 6.43. The lowest BCUT2D eigenvalue weighted by Crippen LogP contribution is -2.05. The van der Waals surface area contributed by atoms with Gasteiger partial charge in [0.25, 0.3) is 0 Å². The third kappa shape index (κ3) is 3.49. The Morgan fingerprint density at radius 1 is 1.29 bits per heavy atom. The normalized spacial score (nSPS) is 10.1. The highest BCUT2D eigenvalue weighted by molar-refractivity contribution is 5.35. The van der Waals surface area contributed by atoms with Crippen LogP contribution in [0.3, 0.4) is 0 Å². The van der Waals surface area contributed by atoms with Crippen molar-refractivity contribution in [1.29, 1.82) is 0 Å². The van der Waals surface area contributed by atoms with Gasteiger partial charge < -0.3 is 0 Å². The van der Waals surface area contributed by atoms with Crippen LogP contribution in [-0.4, -0.2) is 0 Å². The van der Waals surface area contributed by atoms with Gasteiger partial charge >= 0.3 is 0 Å². The zero-order chi connectivity index (χ0) is 10.4. The second kappa shape index (κ2) is 4.67. The van der Waals surface area contributed by atoms with Gasteiger partial charge in [0, 0.05) is 11.0 Å². The Bertz CT molecular complexity index is 347. The monoisotopic (exact) mass is 184 g/mol. The third-order valence-electron chi connectivity index (χ3n) is 1.97. The Hall–Kier alpha value is -1.48. The molecule has 0 atom stereocenters. The highest BCUT2D eigenvalue weighted by Crippen LogP contribution is 2.19. The molecule has 0 nitrogen and oxygen atoms in total. The Morgan fingerprint density at radius 3 is 2.50 bits per heavy atom. The molecule has 0 amide bonds. The fourth-order valence-electron chi connectivity index (χ4n) is 1.17. The van der Waals surface area contributed by atoms with E-state index in [-0.39, 0.29) is 5.41 Å². The molecule has 0 heterocycles. The van der Waals surface area contributed by atoms with E-state index in [1.807, 2.05) is 36.4 Å². The highest BCUT2D eigenvalue weighted by Gasteiger charge is 2.10. The van der Waals surface area contributed by atoms with E-state index in [0.29, 0.717) is 0 Å². The van der Waals surface area contributed by atoms with Crippen molar-refractivity contribution < 1.29 is 0 Å². The van der Waals surface area contributed by atoms with Crippen molar-refractivity contribution in [1.82, 2.24) is 0 Å². The molecule has 1 aromatic rings. The molecule has 0 saturated heterocycles. The van der Waals surface area contributed by atoms with Crippen molar-refractivity contribution in [2.24, 2.45) is 5.41 Å². The van der Waals surface area contributed by atoms with Crippen LogP contribution in [0.15, 0.2) is 43.0 Å². The molecule has 0 spiro atoms. The summed E-state index contributed by atoms with van der Waals surface area (Å²) in [6, 6.07) is 10.1. The lowest BCUT2D eigenvalue weighted by molar-refractivity contribution is 0.513. The maximum atomic E-state index is 3.73. The molecule has 0 unspecified atom stereocenters. The molecule has 72 valence electrons. The van der Waals surface area contributed by atoms with E-state index in [1.54, 1.807) is 0 Å². The van der Waals surface area contributed by atoms with Crippen molar-refractivity contribution in [3.8, 4) is 11.8 Å². The van der Waals surface area contributed by atoms with Gasteiger partial charge in [0.1, 0.15) is 0 Å². The molecule has 0 radical (unpaired) electrons. The molecule has 0 aliphatic heterocycles. The highest BCUT2D eigenvalue weighted by atomic mass is 14.1. The Balaban J connectivity index is 2.77. The third-order valence-corrected chi connectivity index (χ3v) is 1.97. The average molecular weight is 184 g/mol. The van der Waals surface area contributed by atoms with Gasteiger partial charge in [0.15, 0.2) is 0 Å². The van der Waals surface area contributed by atoms with Crippen LogP contribution in [0.2, 0.25) is 0 Å². The fourth-order valence-corrected chi connectivity index (χ4v) is 1.17. The van der Waals surface area contributed by atoms with Gasteiger partial charge in [-0.3, -0.25) is 0 Å². The SMILES string of the molecule is C=CCC(C)(C)C#Cc1ccccc1. The fraction of sp³-hybridized carbons (Fsp3) is 0.286. The van der Waals surface area contributed by atoms with Gasteiger partial charge in [-0.2, -0.15) is 0 Å². The van der Waals surface area contributed by atoms with Gasteiger partial charge in [-0.15, -0.1) is 6.58 Å². The van der Waals surface area contributed by atoms with E-state index >= 15 is 0 Å². The van der Waals surface area contributed by atoms with Crippen LogP contribution in [0.1, 0.15) is 25.8 Å². The number of hydrogen-bond donors (Lipinski definition) is 0. The first kappa shape index (κ1) is 10.6. The number of rotatable bonds is 2. The number of allylic oxidation sites excluding steroid dienone is 1. The van der Waals surface area contributed by atoms with Crippen molar-refractivity contribution in [3.63, 3.8) is 0 Å². The van der Waals surface area contributed by atoms with Crippen molar-refractivity contribution in [2.75, 3.05) is 0 Å². The molecule has 14 heavy (non-hydrogen) atoms. The molecule has 0 N–H and O–H groups in total. The Labute approximate surface area is 86.7 Å². The van der Waals surface area contributed by atoms with E-state index < -0.39 is 0 Å². The van der Waals surface area contributed by atoms with Gasteiger partial charge in [0.05, 0.1) is 0 Å². The molecule has 0 aliphatic carbocycles.